The van der Waals surface area contributed by atoms with Crippen molar-refractivity contribution in [2.45, 2.75) is 44.4 Å². The second-order valence-electron chi connectivity index (χ2n) is 5.62. The topological polar surface area (TPSA) is 52.9 Å². The van der Waals surface area contributed by atoms with Gasteiger partial charge in [0.05, 0.1) is 27.4 Å². The van der Waals surface area contributed by atoms with E-state index in [0.29, 0.717) is 5.56 Å². The number of hydrogen-bond donors (Lipinski definition) is 1. The summed E-state index contributed by atoms with van der Waals surface area (Å²) >= 11 is 0. The lowest BCUT2D eigenvalue weighted by Crippen LogP contribution is -2.35. The molecule has 1 aliphatic carbocycles. The monoisotopic (exact) mass is 262 g/mol. The predicted octanol–water partition coefficient (Wildman–Crippen LogP) is 2.60. The molecule has 18 heavy (non-hydrogen) atoms. The average Bonchev–Trinajstić information content (AvgIpc) is 2.70. The molecule has 0 saturated carbocycles. The number of aryl methyl sites for hydroxylation is 1. The number of nitrogens with zero attached hydrogens (tertiary/aromatic N) is 1. The minimum absolute atomic E-state index is 0.146. The van der Waals surface area contributed by atoms with Crippen LogP contribution in [0.1, 0.15) is 49.9 Å². The lowest BCUT2D eigenvalue weighted by molar-refractivity contribution is 0.596. The van der Waals surface area contributed by atoms with E-state index in [2.05, 4.69) is 10.8 Å². The van der Waals surface area contributed by atoms with Crippen molar-refractivity contribution in [3.8, 4) is 6.07 Å². The van der Waals surface area contributed by atoms with Gasteiger partial charge in [-0.05, 0) is 56.9 Å². The number of hydrogen-bond acceptors (Lipinski definition) is 2. The molecule has 0 aromatic heterocycles. The molecule has 4 heteroatoms. The smallest absolute Gasteiger partial charge is 0.0991 e. The molecule has 0 unspecified atom stereocenters. The molecule has 0 spiro atoms. The van der Waals surface area contributed by atoms with E-state index in [0.717, 1.165) is 12.8 Å². The number of nitriles is 1. The second-order valence-corrected chi connectivity index (χ2v) is 7.61. The fraction of sp³-hybridized carbons (Fsp3) is 0.500. The summed E-state index contributed by atoms with van der Waals surface area (Å²) < 4.78 is 15.0. The van der Waals surface area contributed by atoms with E-state index in [4.69, 9.17) is 5.26 Å². The van der Waals surface area contributed by atoms with Crippen molar-refractivity contribution in [3.05, 3.63) is 34.9 Å². The van der Waals surface area contributed by atoms with Crippen molar-refractivity contribution >= 4 is 11.0 Å². The van der Waals surface area contributed by atoms with Gasteiger partial charge in [0, 0.05) is 6.04 Å². The third-order valence-corrected chi connectivity index (χ3v) is 4.77. The van der Waals surface area contributed by atoms with Crippen molar-refractivity contribution in [1.29, 1.82) is 5.26 Å². The van der Waals surface area contributed by atoms with Crippen LogP contribution in [-0.4, -0.2) is 8.96 Å². The highest BCUT2D eigenvalue weighted by Gasteiger charge is 2.28. The van der Waals surface area contributed by atoms with Gasteiger partial charge in [-0.2, -0.15) is 5.26 Å². The van der Waals surface area contributed by atoms with Crippen LogP contribution in [0, 0.1) is 11.3 Å². The van der Waals surface area contributed by atoms with Crippen LogP contribution in [0.5, 0.6) is 0 Å². The molecule has 3 nitrogen and oxygen atoms in total. The van der Waals surface area contributed by atoms with Gasteiger partial charge >= 0.3 is 0 Å². The van der Waals surface area contributed by atoms with Gasteiger partial charge < -0.3 is 0 Å². The molecule has 0 radical (unpaired) electrons. The fourth-order valence-corrected chi connectivity index (χ4v) is 2.97. The molecule has 0 aliphatic heterocycles. The zero-order valence-corrected chi connectivity index (χ0v) is 11.8. The Hall–Kier alpha value is -1.18. The molecule has 2 atom stereocenters. The molecule has 96 valence electrons. The standard InChI is InChI=1S/C14H18N2OS/c1-14(2,3)18(17)16-13-7-5-11-8-10(9-15)4-6-12(11)13/h4,6,8,13,16H,5,7H2,1-3H3/t13-,18-/m1/s1. The maximum absolute atomic E-state index is 12.1. The van der Waals surface area contributed by atoms with Crippen LogP contribution < -0.4 is 4.72 Å². The van der Waals surface area contributed by atoms with E-state index in [1.807, 2.05) is 39.0 Å². The van der Waals surface area contributed by atoms with Gasteiger partial charge in [0.1, 0.15) is 0 Å². The quantitative estimate of drug-likeness (QED) is 0.890. The summed E-state index contributed by atoms with van der Waals surface area (Å²) in [7, 11) is -1.06. The zero-order chi connectivity index (χ0) is 13.3. The van der Waals surface area contributed by atoms with Gasteiger partial charge in [0.2, 0.25) is 0 Å². The van der Waals surface area contributed by atoms with E-state index >= 15 is 0 Å². The molecule has 1 N–H and O–H groups in total. The minimum atomic E-state index is -1.06. The number of fused-ring (bicyclic) bond motifs is 1. The Morgan fingerprint density at radius 2 is 2.17 bits per heavy atom. The molecule has 0 heterocycles. The Labute approximate surface area is 111 Å². The van der Waals surface area contributed by atoms with Crippen LogP contribution in [0.15, 0.2) is 18.2 Å². The lowest BCUT2D eigenvalue weighted by Gasteiger charge is -2.22. The van der Waals surface area contributed by atoms with Crippen molar-refractivity contribution in [2.24, 2.45) is 0 Å². The van der Waals surface area contributed by atoms with Gasteiger partial charge in [-0.3, -0.25) is 0 Å². The maximum Gasteiger partial charge on any atom is 0.0991 e. The third-order valence-electron chi connectivity index (χ3n) is 3.16. The highest BCUT2D eigenvalue weighted by Crippen LogP contribution is 2.32. The molecule has 1 aromatic rings. The molecule has 0 saturated heterocycles. The van der Waals surface area contributed by atoms with Crippen molar-refractivity contribution < 1.29 is 4.21 Å². The Morgan fingerprint density at radius 3 is 2.78 bits per heavy atom. The van der Waals surface area contributed by atoms with Crippen LogP contribution in [-0.2, 0) is 17.4 Å². The molecule has 2 rings (SSSR count). The van der Waals surface area contributed by atoms with Crippen molar-refractivity contribution in [2.75, 3.05) is 0 Å². The first kappa shape index (κ1) is 13.3. The van der Waals surface area contributed by atoms with E-state index < -0.39 is 11.0 Å². The van der Waals surface area contributed by atoms with Crippen LogP contribution in [0.2, 0.25) is 0 Å². The lowest BCUT2D eigenvalue weighted by atomic mass is 10.1. The van der Waals surface area contributed by atoms with Crippen LogP contribution in [0.25, 0.3) is 0 Å². The number of benzene rings is 1. The van der Waals surface area contributed by atoms with E-state index in [9.17, 15) is 4.21 Å². The SMILES string of the molecule is CC(C)(C)[S@@](=O)N[C@@H]1CCc2cc(C#N)ccc21. The highest BCUT2D eigenvalue weighted by atomic mass is 32.2. The van der Waals surface area contributed by atoms with E-state index in [1.165, 1.54) is 11.1 Å². The third kappa shape index (κ3) is 2.63. The van der Waals surface area contributed by atoms with Crippen LogP contribution in [0.3, 0.4) is 0 Å². The van der Waals surface area contributed by atoms with Gasteiger partial charge in [0.25, 0.3) is 0 Å². The first-order valence-electron chi connectivity index (χ1n) is 6.13. The second kappa shape index (κ2) is 4.83. The number of rotatable bonds is 2. The summed E-state index contributed by atoms with van der Waals surface area (Å²) in [5, 5.41) is 8.87. The average molecular weight is 262 g/mol. The maximum atomic E-state index is 12.1. The van der Waals surface area contributed by atoms with Crippen LogP contribution in [0.4, 0.5) is 0 Å². The molecule has 0 amide bonds. The van der Waals surface area contributed by atoms with E-state index in [-0.39, 0.29) is 10.8 Å². The Bertz CT molecular complexity index is 526. The largest absolute Gasteiger partial charge is 0.242 e. The minimum Gasteiger partial charge on any atom is -0.242 e. The van der Waals surface area contributed by atoms with Crippen molar-refractivity contribution in [1.82, 2.24) is 4.72 Å². The van der Waals surface area contributed by atoms with Crippen LogP contribution >= 0.6 is 0 Å². The Balaban J connectivity index is 2.18. The molecular formula is C14H18N2OS. The molecule has 1 aliphatic rings. The van der Waals surface area contributed by atoms with Gasteiger partial charge in [-0.1, -0.05) is 6.07 Å². The summed E-state index contributed by atoms with van der Waals surface area (Å²) in [5.41, 5.74) is 3.09. The summed E-state index contributed by atoms with van der Waals surface area (Å²) in [6, 6.07) is 8.06. The first-order valence-corrected chi connectivity index (χ1v) is 7.28. The van der Waals surface area contributed by atoms with Gasteiger partial charge in [-0.15, -0.1) is 0 Å². The van der Waals surface area contributed by atoms with Crippen molar-refractivity contribution in [3.63, 3.8) is 0 Å². The summed E-state index contributed by atoms with van der Waals surface area (Å²) in [6.07, 6.45) is 1.90. The van der Waals surface area contributed by atoms with Gasteiger partial charge in [-0.25, -0.2) is 8.93 Å². The summed E-state index contributed by atoms with van der Waals surface area (Å²) in [4.78, 5) is 0. The predicted molar refractivity (Wildman–Crippen MR) is 73.3 cm³/mol. The first-order chi connectivity index (χ1) is 8.41. The summed E-state index contributed by atoms with van der Waals surface area (Å²) in [6.45, 7) is 5.89. The molecule has 0 bridgehead atoms. The number of nitrogens with one attached hydrogen (secondary N) is 1. The normalized spacial score (nSPS) is 20.2. The Morgan fingerprint density at radius 1 is 1.44 bits per heavy atom. The Kier molecular flexibility index (Phi) is 3.56. The molecule has 0 fully saturated rings. The van der Waals surface area contributed by atoms with Gasteiger partial charge in [0.15, 0.2) is 0 Å². The molecule has 1 aromatic carbocycles. The van der Waals surface area contributed by atoms with E-state index in [1.54, 1.807) is 0 Å². The zero-order valence-electron chi connectivity index (χ0n) is 11.0. The summed E-state index contributed by atoms with van der Waals surface area (Å²) in [5.74, 6) is 0. The fourth-order valence-electron chi connectivity index (χ4n) is 2.12. The molecular weight excluding hydrogens is 244 g/mol. The highest BCUT2D eigenvalue weighted by molar-refractivity contribution is 7.84.